The maximum absolute atomic E-state index is 12.4. The summed E-state index contributed by atoms with van der Waals surface area (Å²) in [4.78, 5) is 11.0. The van der Waals surface area contributed by atoms with Gasteiger partial charge in [0, 0.05) is 10.5 Å². The number of carbonyl (C=O) groups excluding carboxylic acids is 1. The molecule has 1 amide bonds. The summed E-state index contributed by atoms with van der Waals surface area (Å²) in [7, 11) is -4.03. The Kier molecular flexibility index (Phi) is 5.33. The standard InChI is InChI=1S/C15H13F3N2O3S2/c1-9-12(14(19)21)3-2-4-13(9)20-25(22,23)11-7-5-10(6-8-11)24-15(16,17)18/h2-8,20H,1H3,(H2,19,21). The summed E-state index contributed by atoms with van der Waals surface area (Å²) >= 11 is -0.335. The van der Waals surface area contributed by atoms with E-state index < -0.39 is 21.4 Å². The van der Waals surface area contributed by atoms with Crippen LogP contribution in [0.4, 0.5) is 18.9 Å². The Morgan fingerprint density at radius 2 is 1.72 bits per heavy atom. The number of primary amides is 1. The molecule has 0 radical (unpaired) electrons. The van der Waals surface area contributed by atoms with Crippen molar-refractivity contribution in [2.45, 2.75) is 22.2 Å². The van der Waals surface area contributed by atoms with E-state index in [0.29, 0.717) is 5.56 Å². The fourth-order valence-electron chi connectivity index (χ4n) is 2.04. The Morgan fingerprint density at radius 1 is 1.12 bits per heavy atom. The van der Waals surface area contributed by atoms with E-state index in [1.807, 2.05) is 0 Å². The van der Waals surface area contributed by atoms with Crippen molar-refractivity contribution in [2.75, 3.05) is 4.72 Å². The number of hydrogen-bond acceptors (Lipinski definition) is 4. The zero-order chi connectivity index (χ0) is 18.8. The predicted molar refractivity (Wildman–Crippen MR) is 88.9 cm³/mol. The molecule has 0 aliphatic carbocycles. The number of sulfonamides is 1. The zero-order valence-corrected chi connectivity index (χ0v) is 14.4. The number of nitrogens with two attached hydrogens (primary N) is 1. The van der Waals surface area contributed by atoms with Crippen molar-refractivity contribution in [2.24, 2.45) is 5.73 Å². The number of benzene rings is 2. The van der Waals surface area contributed by atoms with Gasteiger partial charge in [0.05, 0.1) is 10.6 Å². The molecular formula is C15H13F3N2O3S2. The van der Waals surface area contributed by atoms with Gasteiger partial charge in [-0.2, -0.15) is 13.2 Å². The third kappa shape index (κ3) is 4.89. The fourth-order valence-corrected chi connectivity index (χ4v) is 3.70. The highest BCUT2D eigenvalue weighted by molar-refractivity contribution is 8.00. The van der Waals surface area contributed by atoms with E-state index in [1.54, 1.807) is 0 Å². The lowest BCUT2D eigenvalue weighted by Crippen LogP contribution is -2.17. The predicted octanol–water partition coefficient (Wildman–Crippen LogP) is 3.51. The Labute approximate surface area is 146 Å². The minimum Gasteiger partial charge on any atom is -0.366 e. The van der Waals surface area contributed by atoms with Crippen molar-refractivity contribution >= 4 is 33.4 Å². The number of nitrogens with one attached hydrogen (secondary N) is 1. The van der Waals surface area contributed by atoms with E-state index in [0.717, 1.165) is 24.3 Å². The van der Waals surface area contributed by atoms with Crippen LogP contribution in [0.3, 0.4) is 0 Å². The van der Waals surface area contributed by atoms with E-state index >= 15 is 0 Å². The lowest BCUT2D eigenvalue weighted by molar-refractivity contribution is -0.0328. The van der Waals surface area contributed by atoms with Crippen molar-refractivity contribution in [3.63, 3.8) is 0 Å². The zero-order valence-electron chi connectivity index (χ0n) is 12.8. The molecule has 10 heteroatoms. The molecule has 0 unspecified atom stereocenters. The average molecular weight is 390 g/mol. The van der Waals surface area contributed by atoms with Crippen LogP contribution in [0, 0.1) is 6.92 Å². The third-order valence-electron chi connectivity index (χ3n) is 3.21. The molecule has 134 valence electrons. The van der Waals surface area contributed by atoms with Crippen LogP contribution in [0.1, 0.15) is 15.9 Å². The Bertz CT molecular complexity index is 895. The monoisotopic (exact) mass is 390 g/mol. The topological polar surface area (TPSA) is 89.3 Å². The number of hydrogen-bond donors (Lipinski definition) is 2. The first-order valence-corrected chi connectivity index (χ1v) is 9.07. The van der Waals surface area contributed by atoms with Crippen LogP contribution in [-0.2, 0) is 10.0 Å². The van der Waals surface area contributed by atoms with Crippen molar-refractivity contribution < 1.29 is 26.4 Å². The van der Waals surface area contributed by atoms with E-state index in [-0.39, 0.29) is 32.8 Å². The molecule has 2 aromatic carbocycles. The molecule has 5 nitrogen and oxygen atoms in total. The van der Waals surface area contributed by atoms with Gasteiger partial charge >= 0.3 is 5.51 Å². The summed E-state index contributed by atoms with van der Waals surface area (Å²) in [6.45, 7) is 1.53. The average Bonchev–Trinajstić information content (AvgIpc) is 2.48. The number of amides is 1. The van der Waals surface area contributed by atoms with Gasteiger partial charge in [0.25, 0.3) is 10.0 Å². The van der Waals surface area contributed by atoms with Gasteiger partial charge in [0.2, 0.25) is 5.91 Å². The number of alkyl halides is 3. The summed E-state index contributed by atoms with van der Waals surface area (Å²) in [6, 6.07) is 8.66. The van der Waals surface area contributed by atoms with E-state index in [2.05, 4.69) is 4.72 Å². The molecule has 2 aromatic rings. The second-order valence-electron chi connectivity index (χ2n) is 4.97. The minimum atomic E-state index is -4.45. The molecule has 0 bridgehead atoms. The lowest BCUT2D eigenvalue weighted by atomic mass is 10.1. The SMILES string of the molecule is Cc1c(NS(=O)(=O)c2ccc(SC(F)(F)F)cc2)cccc1C(N)=O. The number of carbonyl (C=O) groups is 1. The van der Waals surface area contributed by atoms with Crippen molar-refractivity contribution in [1.82, 2.24) is 0 Å². The van der Waals surface area contributed by atoms with Crippen molar-refractivity contribution in [3.8, 4) is 0 Å². The highest BCUT2D eigenvalue weighted by atomic mass is 32.2. The van der Waals surface area contributed by atoms with Crippen molar-refractivity contribution in [3.05, 3.63) is 53.6 Å². The summed E-state index contributed by atoms with van der Waals surface area (Å²) in [5.41, 5.74) is 1.43. The maximum Gasteiger partial charge on any atom is 0.446 e. The molecule has 0 saturated heterocycles. The van der Waals surface area contributed by atoms with E-state index in [9.17, 15) is 26.4 Å². The van der Waals surface area contributed by atoms with E-state index in [1.165, 1.54) is 25.1 Å². The molecule has 0 aliphatic rings. The molecule has 25 heavy (non-hydrogen) atoms. The van der Waals surface area contributed by atoms with Gasteiger partial charge in [-0.1, -0.05) is 6.07 Å². The Morgan fingerprint density at radius 3 is 2.24 bits per heavy atom. The highest BCUT2D eigenvalue weighted by Crippen LogP contribution is 2.37. The molecule has 0 atom stereocenters. The molecular weight excluding hydrogens is 377 g/mol. The lowest BCUT2D eigenvalue weighted by Gasteiger charge is -2.13. The second kappa shape index (κ2) is 6.96. The largest absolute Gasteiger partial charge is 0.446 e. The van der Waals surface area contributed by atoms with Crippen LogP contribution >= 0.6 is 11.8 Å². The molecule has 0 fully saturated rings. The quantitative estimate of drug-likeness (QED) is 0.765. The first kappa shape index (κ1) is 19.1. The fraction of sp³-hybridized carbons (Fsp3) is 0.133. The van der Waals surface area contributed by atoms with Crippen LogP contribution in [0.5, 0.6) is 0 Å². The van der Waals surface area contributed by atoms with Gasteiger partial charge in [-0.05, 0) is 60.6 Å². The maximum atomic E-state index is 12.4. The summed E-state index contributed by atoms with van der Waals surface area (Å²) in [6.07, 6.45) is 0. The van der Waals surface area contributed by atoms with Crippen LogP contribution in [0.2, 0.25) is 0 Å². The number of thioether (sulfide) groups is 1. The van der Waals surface area contributed by atoms with Crippen LogP contribution in [0.25, 0.3) is 0 Å². The van der Waals surface area contributed by atoms with Gasteiger partial charge in [-0.25, -0.2) is 8.42 Å². The van der Waals surface area contributed by atoms with Crippen molar-refractivity contribution in [1.29, 1.82) is 0 Å². The van der Waals surface area contributed by atoms with Crippen LogP contribution < -0.4 is 10.5 Å². The van der Waals surface area contributed by atoms with Gasteiger partial charge in [-0.15, -0.1) is 0 Å². The smallest absolute Gasteiger partial charge is 0.366 e. The Balaban J connectivity index is 2.28. The van der Waals surface area contributed by atoms with Gasteiger partial charge in [0.15, 0.2) is 0 Å². The minimum absolute atomic E-state index is 0.127. The number of anilines is 1. The highest BCUT2D eigenvalue weighted by Gasteiger charge is 2.29. The molecule has 2 rings (SSSR count). The summed E-state index contributed by atoms with van der Waals surface area (Å²) in [5.74, 6) is -0.702. The molecule has 0 heterocycles. The first-order chi connectivity index (χ1) is 11.5. The third-order valence-corrected chi connectivity index (χ3v) is 5.33. The number of halogens is 3. The molecule has 0 aliphatic heterocycles. The van der Waals surface area contributed by atoms with Crippen LogP contribution in [-0.4, -0.2) is 19.8 Å². The molecule has 0 aromatic heterocycles. The van der Waals surface area contributed by atoms with Crippen LogP contribution in [0.15, 0.2) is 52.3 Å². The first-order valence-electron chi connectivity index (χ1n) is 6.77. The Hall–Kier alpha value is -2.20. The van der Waals surface area contributed by atoms with Gasteiger partial charge in [0.1, 0.15) is 0 Å². The molecule has 0 spiro atoms. The molecule has 0 saturated carbocycles. The summed E-state index contributed by atoms with van der Waals surface area (Å²) in [5, 5.41) is 0. The normalized spacial score (nSPS) is 12.0. The molecule has 3 N–H and O–H groups in total. The van der Waals surface area contributed by atoms with Gasteiger partial charge in [-0.3, -0.25) is 9.52 Å². The van der Waals surface area contributed by atoms with E-state index in [4.69, 9.17) is 5.73 Å². The summed E-state index contributed by atoms with van der Waals surface area (Å²) < 4.78 is 64.0. The second-order valence-corrected chi connectivity index (χ2v) is 7.79. The van der Waals surface area contributed by atoms with Gasteiger partial charge < -0.3 is 5.73 Å². The number of rotatable bonds is 5.